The van der Waals surface area contributed by atoms with Gasteiger partial charge in [-0.1, -0.05) is 24.3 Å². The van der Waals surface area contributed by atoms with E-state index >= 15 is 0 Å². The van der Waals surface area contributed by atoms with Crippen molar-refractivity contribution in [3.63, 3.8) is 0 Å². The Hall–Kier alpha value is -3.26. The predicted molar refractivity (Wildman–Crippen MR) is 126 cm³/mol. The molecular formula is C24H25ClFN5O2. The number of pyridine rings is 1. The summed E-state index contributed by atoms with van der Waals surface area (Å²) in [6.45, 7) is 1.29. The van der Waals surface area contributed by atoms with Gasteiger partial charge in [0.15, 0.2) is 0 Å². The van der Waals surface area contributed by atoms with Gasteiger partial charge in [-0.05, 0) is 49.8 Å². The second kappa shape index (κ2) is 9.70. The van der Waals surface area contributed by atoms with Crippen molar-refractivity contribution in [1.29, 1.82) is 0 Å². The molecular weight excluding hydrogens is 445 g/mol. The molecule has 1 saturated carbocycles. The van der Waals surface area contributed by atoms with Gasteiger partial charge in [0.1, 0.15) is 17.2 Å². The van der Waals surface area contributed by atoms with Gasteiger partial charge in [-0.2, -0.15) is 0 Å². The van der Waals surface area contributed by atoms with Crippen LogP contribution in [0.1, 0.15) is 25.7 Å². The van der Waals surface area contributed by atoms with Crippen molar-refractivity contribution < 1.29 is 13.9 Å². The summed E-state index contributed by atoms with van der Waals surface area (Å²) in [5, 5.41) is 3.29. The highest BCUT2D eigenvalue weighted by Crippen LogP contribution is 2.40. The molecule has 1 amide bonds. The number of nitrogens with zero attached hydrogens (tertiary/aromatic N) is 4. The minimum atomic E-state index is -0.428. The normalized spacial score (nSPS) is 22.0. The first kappa shape index (κ1) is 22.9. The van der Waals surface area contributed by atoms with Gasteiger partial charge in [-0.25, -0.2) is 24.1 Å². The summed E-state index contributed by atoms with van der Waals surface area (Å²) in [5.41, 5.74) is 0.708. The van der Waals surface area contributed by atoms with Gasteiger partial charge in [-0.3, -0.25) is 4.90 Å². The molecule has 9 heteroatoms. The van der Waals surface area contributed by atoms with Crippen LogP contribution in [0, 0.1) is 11.7 Å². The van der Waals surface area contributed by atoms with E-state index in [9.17, 15) is 9.18 Å². The van der Waals surface area contributed by atoms with Gasteiger partial charge >= 0.3 is 6.09 Å². The Kier molecular flexibility index (Phi) is 6.74. The number of carbonyl (C=O) groups excluding carboxylic acids is 1. The fraction of sp³-hybridized carbons (Fsp3) is 0.333. The maximum atomic E-state index is 13.9. The predicted octanol–water partition coefficient (Wildman–Crippen LogP) is 5.10. The minimum absolute atomic E-state index is 0. The number of nitrogens with one attached hydrogen (secondary N) is 1. The molecule has 0 radical (unpaired) electrons. The van der Waals surface area contributed by atoms with Gasteiger partial charge in [0, 0.05) is 36.3 Å². The Balaban J connectivity index is 0.00000259. The molecule has 1 spiro atoms. The van der Waals surface area contributed by atoms with Crippen LogP contribution >= 0.6 is 12.4 Å². The number of hydrogen-bond acceptors (Lipinski definition) is 6. The van der Waals surface area contributed by atoms with E-state index in [0.717, 1.165) is 32.2 Å². The Labute approximate surface area is 197 Å². The van der Waals surface area contributed by atoms with Crippen molar-refractivity contribution in [3.05, 3.63) is 66.9 Å². The number of benzene rings is 1. The van der Waals surface area contributed by atoms with E-state index in [1.54, 1.807) is 41.7 Å². The van der Waals surface area contributed by atoms with E-state index < -0.39 is 5.60 Å². The lowest BCUT2D eigenvalue weighted by Crippen LogP contribution is -2.39. The third-order valence-corrected chi connectivity index (χ3v) is 6.30. The SMILES string of the molecule is Cl.O=C1O[C@]2(CC[C@H](CNc3ncc(-c4ccccc4F)cn3)CC2)CN1c1ccccn1. The first-order valence-corrected chi connectivity index (χ1v) is 10.8. The van der Waals surface area contributed by atoms with Crippen LogP contribution in [0.4, 0.5) is 21.0 Å². The lowest BCUT2D eigenvalue weighted by molar-refractivity contribution is 0.0148. The van der Waals surface area contributed by atoms with E-state index in [-0.39, 0.29) is 24.3 Å². The molecule has 0 bridgehead atoms. The summed E-state index contributed by atoms with van der Waals surface area (Å²) in [4.78, 5) is 27.0. The van der Waals surface area contributed by atoms with Crippen molar-refractivity contribution in [2.24, 2.45) is 5.92 Å². The van der Waals surface area contributed by atoms with Gasteiger partial charge < -0.3 is 10.1 Å². The number of hydrogen-bond donors (Lipinski definition) is 1. The second-order valence-electron chi connectivity index (χ2n) is 8.42. The number of aromatic nitrogens is 3. The van der Waals surface area contributed by atoms with Crippen LogP contribution in [0.25, 0.3) is 11.1 Å². The summed E-state index contributed by atoms with van der Waals surface area (Å²) in [7, 11) is 0. The molecule has 2 aromatic heterocycles. The highest BCUT2D eigenvalue weighted by atomic mass is 35.5. The first-order chi connectivity index (χ1) is 15.6. The summed E-state index contributed by atoms with van der Waals surface area (Å²) in [6, 6.07) is 12.1. The maximum Gasteiger partial charge on any atom is 0.416 e. The third kappa shape index (κ3) is 4.90. The van der Waals surface area contributed by atoms with Crippen LogP contribution in [-0.4, -0.2) is 39.7 Å². The van der Waals surface area contributed by atoms with Gasteiger partial charge in [0.05, 0.1) is 6.54 Å². The fourth-order valence-electron chi connectivity index (χ4n) is 4.47. The average molecular weight is 470 g/mol. The van der Waals surface area contributed by atoms with Crippen molar-refractivity contribution in [1.82, 2.24) is 15.0 Å². The van der Waals surface area contributed by atoms with Crippen molar-refractivity contribution in [2.75, 3.05) is 23.3 Å². The van der Waals surface area contributed by atoms with Crippen LogP contribution in [0.3, 0.4) is 0 Å². The fourth-order valence-corrected chi connectivity index (χ4v) is 4.47. The lowest BCUT2D eigenvalue weighted by Gasteiger charge is -2.35. The molecule has 1 saturated heterocycles. The van der Waals surface area contributed by atoms with Gasteiger partial charge in [0.25, 0.3) is 0 Å². The molecule has 1 aliphatic carbocycles. The highest BCUT2D eigenvalue weighted by molar-refractivity contribution is 5.89. The lowest BCUT2D eigenvalue weighted by atomic mass is 9.78. The first-order valence-electron chi connectivity index (χ1n) is 10.8. The Morgan fingerprint density at radius 3 is 2.48 bits per heavy atom. The molecule has 172 valence electrons. The van der Waals surface area contributed by atoms with E-state index in [1.165, 1.54) is 6.07 Å². The summed E-state index contributed by atoms with van der Waals surface area (Å²) < 4.78 is 19.7. The maximum absolute atomic E-state index is 13.9. The Bertz CT molecular complexity index is 1090. The number of ether oxygens (including phenoxy) is 1. The zero-order valence-corrected chi connectivity index (χ0v) is 18.8. The van der Waals surface area contributed by atoms with Crippen LogP contribution in [0.5, 0.6) is 0 Å². The highest BCUT2D eigenvalue weighted by Gasteiger charge is 2.47. The van der Waals surface area contributed by atoms with Crippen LogP contribution in [-0.2, 0) is 4.74 Å². The van der Waals surface area contributed by atoms with Crippen molar-refractivity contribution >= 4 is 30.3 Å². The van der Waals surface area contributed by atoms with Crippen molar-refractivity contribution in [3.8, 4) is 11.1 Å². The van der Waals surface area contributed by atoms with Crippen LogP contribution in [0.15, 0.2) is 61.1 Å². The monoisotopic (exact) mass is 469 g/mol. The largest absolute Gasteiger partial charge is 0.441 e. The van der Waals surface area contributed by atoms with E-state index in [2.05, 4.69) is 20.3 Å². The molecule has 2 fully saturated rings. The van der Waals surface area contributed by atoms with Gasteiger partial charge in [0.2, 0.25) is 5.95 Å². The molecule has 1 aromatic carbocycles. The summed E-state index contributed by atoms with van der Waals surface area (Å²) in [5.74, 6) is 1.31. The molecule has 3 aromatic rings. The van der Waals surface area contributed by atoms with Crippen LogP contribution < -0.4 is 10.2 Å². The quantitative estimate of drug-likeness (QED) is 0.560. The number of rotatable bonds is 5. The number of halogens is 2. The zero-order chi connectivity index (χ0) is 22.0. The third-order valence-electron chi connectivity index (χ3n) is 6.30. The van der Waals surface area contributed by atoms with E-state index in [1.807, 2.05) is 18.2 Å². The average Bonchev–Trinajstić information content (AvgIpc) is 3.16. The molecule has 5 rings (SSSR count). The topological polar surface area (TPSA) is 80.2 Å². The number of amides is 1. The standard InChI is InChI=1S/C24H24FN5O2.ClH/c25-20-6-2-1-5-19(20)18-14-28-22(29-15-18)27-13-17-8-10-24(11-9-17)16-30(23(31)32-24)21-7-3-4-12-26-21;/h1-7,12,14-15,17H,8-11,13,16H2,(H,27,28,29);1H/t17-,24-;. The van der Waals surface area contributed by atoms with E-state index in [4.69, 9.17) is 4.74 Å². The summed E-state index contributed by atoms with van der Waals surface area (Å²) >= 11 is 0. The molecule has 1 aliphatic heterocycles. The van der Waals surface area contributed by atoms with Gasteiger partial charge in [-0.15, -0.1) is 12.4 Å². The Morgan fingerprint density at radius 1 is 1.06 bits per heavy atom. The molecule has 1 N–H and O–H groups in total. The number of anilines is 2. The van der Waals surface area contributed by atoms with Crippen LogP contribution in [0.2, 0.25) is 0 Å². The molecule has 2 aliphatic rings. The minimum Gasteiger partial charge on any atom is -0.441 e. The Morgan fingerprint density at radius 2 is 1.79 bits per heavy atom. The number of carbonyl (C=O) groups is 1. The second-order valence-corrected chi connectivity index (χ2v) is 8.42. The molecule has 33 heavy (non-hydrogen) atoms. The van der Waals surface area contributed by atoms with E-state index in [0.29, 0.717) is 35.4 Å². The molecule has 0 unspecified atom stereocenters. The molecule has 0 atom stereocenters. The molecule has 7 nitrogen and oxygen atoms in total. The summed E-state index contributed by atoms with van der Waals surface area (Å²) in [6.07, 6.45) is 8.17. The smallest absolute Gasteiger partial charge is 0.416 e. The van der Waals surface area contributed by atoms with Crippen molar-refractivity contribution in [2.45, 2.75) is 31.3 Å². The zero-order valence-electron chi connectivity index (χ0n) is 18.0. The molecule has 3 heterocycles.